The summed E-state index contributed by atoms with van der Waals surface area (Å²) >= 11 is 6.74. The minimum Gasteiger partial charge on any atom is -0.493 e. The number of allylic oxidation sites excluding steroid dienone is 1. The van der Waals surface area contributed by atoms with Crippen LogP contribution in [-0.2, 0) is 9.53 Å². The molecule has 1 aliphatic heterocycles. The Labute approximate surface area is 229 Å². The fourth-order valence-corrected chi connectivity index (χ4v) is 5.26. The second kappa shape index (κ2) is 11.1. The Bertz CT molecular complexity index is 1600. The Morgan fingerprint density at radius 2 is 1.72 bits per heavy atom. The maximum atomic E-state index is 14.2. The van der Waals surface area contributed by atoms with E-state index in [-0.39, 0.29) is 21.5 Å². The van der Waals surface area contributed by atoms with Crippen molar-refractivity contribution in [3.63, 3.8) is 0 Å². The first-order valence-electron chi connectivity index (χ1n) is 11.4. The predicted molar refractivity (Wildman–Crippen MR) is 138 cm³/mol. The Balaban J connectivity index is 2.03. The number of rotatable bonds is 7. The molecule has 1 aliphatic rings. The number of aromatic nitrogens is 1. The number of thiazole rings is 1. The molecule has 39 heavy (non-hydrogen) atoms. The van der Waals surface area contributed by atoms with Crippen molar-refractivity contribution in [2.75, 3.05) is 27.9 Å². The zero-order valence-electron chi connectivity index (χ0n) is 21.1. The number of carbonyl (C=O) groups excluding carboxylic acids is 1. The van der Waals surface area contributed by atoms with Gasteiger partial charge in [0.2, 0.25) is 5.75 Å². The van der Waals surface area contributed by atoms with Crippen LogP contribution in [0.25, 0.3) is 6.08 Å². The summed E-state index contributed by atoms with van der Waals surface area (Å²) in [6.07, 6.45) is -3.53. The number of ether oxygens (including phenoxy) is 4. The lowest BCUT2D eigenvalue weighted by molar-refractivity contribution is -0.140. The summed E-state index contributed by atoms with van der Waals surface area (Å²) in [7, 11) is 4.29. The molecule has 0 bridgehead atoms. The molecule has 13 heteroatoms. The molecule has 206 valence electrons. The maximum Gasteiger partial charge on any atom is 0.434 e. The lowest BCUT2D eigenvalue weighted by Gasteiger charge is -2.26. The van der Waals surface area contributed by atoms with Crippen LogP contribution < -0.4 is 29.1 Å². The molecule has 1 aromatic heterocycles. The highest BCUT2D eigenvalue weighted by Crippen LogP contribution is 2.39. The van der Waals surface area contributed by atoms with Crippen LogP contribution in [-0.4, -0.2) is 44.6 Å². The van der Waals surface area contributed by atoms with Crippen LogP contribution >= 0.6 is 22.9 Å². The molecule has 0 radical (unpaired) electrons. The summed E-state index contributed by atoms with van der Waals surface area (Å²) in [5.74, 6) is -0.263. The molecule has 0 N–H and O–H groups in total. The van der Waals surface area contributed by atoms with Gasteiger partial charge in [-0.2, -0.15) is 13.2 Å². The lowest BCUT2D eigenvalue weighted by Crippen LogP contribution is -2.41. The zero-order valence-corrected chi connectivity index (χ0v) is 22.7. The molecule has 2 aromatic carbocycles. The fraction of sp³-hybridized carbons (Fsp3) is 0.269. The number of nitrogens with zero attached hydrogens (tertiary/aromatic N) is 2. The predicted octanol–water partition coefficient (Wildman–Crippen LogP) is 4.02. The summed E-state index contributed by atoms with van der Waals surface area (Å²) in [6, 6.07) is 7.51. The summed E-state index contributed by atoms with van der Waals surface area (Å²) < 4.78 is 64.8. The molecule has 0 saturated carbocycles. The van der Waals surface area contributed by atoms with Gasteiger partial charge in [-0.05, 0) is 48.4 Å². The number of hydrogen-bond acceptors (Lipinski definition) is 8. The monoisotopic (exact) mass is 582 g/mol. The first-order chi connectivity index (χ1) is 18.5. The van der Waals surface area contributed by atoms with Crippen molar-refractivity contribution in [2.45, 2.75) is 19.1 Å². The molecule has 0 saturated heterocycles. The average molecular weight is 583 g/mol. The topological polar surface area (TPSA) is 88.4 Å². The molecule has 0 aliphatic carbocycles. The molecule has 8 nitrogen and oxygen atoms in total. The van der Waals surface area contributed by atoms with Crippen molar-refractivity contribution in [3.05, 3.63) is 83.5 Å². The second-order valence-corrected chi connectivity index (χ2v) is 9.52. The molecule has 0 fully saturated rings. The summed E-state index contributed by atoms with van der Waals surface area (Å²) in [5, 5.41) is 0.325. The van der Waals surface area contributed by atoms with E-state index < -0.39 is 35.0 Å². The number of alkyl halides is 3. The van der Waals surface area contributed by atoms with Gasteiger partial charge in [-0.3, -0.25) is 9.36 Å². The Morgan fingerprint density at radius 3 is 2.23 bits per heavy atom. The minimum atomic E-state index is -5.00. The van der Waals surface area contributed by atoms with E-state index in [9.17, 15) is 22.8 Å². The van der Waals surface area contributed by atoms with Gasteiger partial charge in [-0.15, -0.1) is 0 Å². The number of halogens is 4. The first-order valence-corrected chi connectivity index (χ1v) is 12.6. The Morgan fingerprint density at radius 1 is 1.10 bits per heavy atom. The van der Waals surface area contributed by atoms with Crippen LogP contribution in [0.1, 0.15) is 24.1 Å². The van der Waals surface area contributed by atoms with E-state index in [1.165, 1.54) is 58.6 Å². The minimum absolute atomic E-state index is 0.0635. The average Bonchev–Trinajstić information content (AvgIpc) is 3.21. The van der Waals surface area contributed by atoms with Gasteiger partial charge in [-0.1, -0.05) is 35.1 Å². The van der Waals surface area contributed by atoms with Crippen molar-refractivity contribution in [3.8, 4) is 17.2 Å². The highest BCUT2D eigenvalue weighted by atomic mass is 35.5. The Kier molecular flexibility index (Phi) is 8.07. The third kappa shape index (κ3) is 5.39. The van der Waals surface area contributed by atoms with Crippen molar-refractivity contribution >= 4 is 35.0 Å². The quantitative estimate of drug-likeness (QED) is 0.391. The highest BCUT2D eigenvalue weighted by Gasteiger charge is 2.45. The van der Waals surface area contributed by atoms with E-state index in [0.29, 0.717) is 27.8 Å². The number of carbonyl (C=O) groups is 1. The third-order valence-corrected chi connectivity index (χ3v) is 7.00. The van der Waals surface area contributed by atoms with Crippen molar-refractivity contribution < 1.29 is 36.9 Å². The standard InChI is InChI=1S/C26H22ClF3N2O6S/c1-5-38-24(34)19-20(14-6-8-15(27)9-7-14)32-23(33)18(39-25(32)31-22(19)26(28,29)30)12-13-10-16(35-2)21(37-4)17(11-13)36-3/h6-12,20H,5H2,1-4H3/b18-12-/t20-/m0/s1. The highest BCUT2D eigenvalue weighted by molar-refractivity contribution is 7.07. The van der Waals surface area contributed by atoms with Crippen molar-refractivity contribution in [1.29, 1.82) is 0 Å². The molecule has 0 unspecified atom stereocenters. The number of fused-ring (bicyclic) bond motifs is 1. The van der Waals surface area contributed by atoms with E-state index in [1.54, 1.807) is 12.1 Å². The fourth-order valence-electron chi connectivity index (χ4n) is 4.14. The van der Waals surface area contributed by atoms with Crippen LogP contribution in [0.2, 0.25) is 5.02 Å². The molecular formula is C26H22ClF3N2O6S. The Hall–Kier alpha value is -3.77. The largest absolute Gasteiger partial charge is 0.493 e. The van der Waals surface area contributed by atoms with Gasteiger partial charge in [0.05, 0.1) is 44.1 Å². The normalized spacial score (nSPS) is 15.5. The summed E-state index contributed by atoms with van der Waals surface area (Å²) in [4.78, 5) is 30.1. The van der Waals surface area contributed by atoms with Crippen molar-refractivity contribution in [1.82, 2.24) is 4.57 Å². The number of esters is 1. The van der Waals surface area contributed by atoms with E-state index in [1.807, 2.05) is 0 Å². The molecule has 4 rings (SSSR count). The van der Waals surface area contributed by atoms with E-state index in [4.69, 9.17) is 30.5 Å². The van der Waals surface area contributed by atoms with E-state index in [2.05, 4.69) is 4.99 Å². The van der Waals surface area contributed by atoms with Crippen LogP contribution in [0.15, 0.2) is 57.5 Å². The lowest BCUT2D eigenvalue weighted by atomic mass is 9.95. The number of hydrogen-bond donors (Lipinski definition) is 0. The summed E-state index contributed by atoms with van der Waals surface area (Å²) in [5.41, 5.74) is -2.20. The smallest absolute Gasteiger partial charge is 0.434 e. The van der Waals surface area contributed by atoms with Crippen LogP contribution in [0.3, 0.4) is 0 Å². The van der Waals surface area contributed by atoms with Crippen LogP contribution in [0.5, 0.6) is 17.2 Å². The molecule has 0 spiro atoms. The van der Waals surface area contributed by atoms with Gasteiger partial charge in [0.25, 0.3) is 5.56 Å². The van der Waals surface area contributed by atoms with E-state index >= 15 is 0 Å². The van der Waals surface area contributed by atoms with Gasteiger partial charge in [0, 0.05) is 5.02 Å². The third-order valence-electron chi connectivity index (χ3n) is 5.77. The molecule has 1 atom stereocenters. The number of benzene rings is 2. The van der Waals surface area contributed by atoms with Crippen LogP contribution in [0.4, 0.5) is 13.2 Å². The van der Waals surface area contributed by atoms with Crippen LogP contribution in [0, 0.1) is 0 Å². The van der Waals surface area contributed by atoms with Gasteiger partial charge >= 0.3 is 12.1 Å². The zero-order chi connectivity index (χ0) is 28.5. The van der Waals surface area contributed by atoms with Gasteiger partial charge in [-0.25, -0.2) is 9.79 Å². The molecule has 2 heterocycles. The van der Waals surface area contributed by atoms with Gasteiger partial charge in [0.1, 0.15) is 0 Å². The molecule has 3 aromatic rings. The summed E-state index contributed by atoms with van der Waals surface area (Å²) in [6.45, 7) is 1.29. The molecular weight excluding hydrogens is 561 g/mol. The number of methoxy groups -OCH3 is 3. The van der Waals surface area contributed by atoms with E-state index in [0.717, 1.165) is 15.9 Å². The molecule has 0 amide bonds. The van der Waals surface area contributed by atoms with Gasteiger partial charge < -0.3 is 18.9 Å². The van der Waals surface area contributed by atoms with Gasteiger partial charge in [0.15, 0.2) is 22.0 Å². The maximum absolute atomic E-state index is 14.2. The first kappa shape index (κ1) is 28.2. The second-order valence-electron chi connectivity index (χ2n) is 8.07. The van der Waals surface area contributed by atoms with Crippen molar-refractivity contribution in [2.24, 2.45) is 4.99 Å². The SMILES string of the molecule is CCOC(=O)C1=C(C(F)(F)F)N=c2s/c(=C\c3cc(OC)c(OC)c(OC)c3)c(=O)n2[C@H]1c1ccc(Cl)cc1.